The minimum atomic E-state index is -0.918. The molecule has 5 aliphatic heterocycles. The van der Waals surface area contributed by atoms with E-state index in [-0.39, 0.29) is 161 Å². The highest BCUT2D eigenvalue weighted by Crippen LogP contribution is 2.73. The molecular formula is C112H140O23. The third-order valence-corrected chi connectivity index (χ3v) is 36.7. The summed E-state index contributed by atoms with van der Waals surface area (Å²) in [6, 6.07) is 20.6. The Balaban J connectivity index is 0.000000113. The SMILES string of the molecule is CC1(C)C2CC=C(O)C=C2OC2(c3ccc(O)cc3O)CCCCC21.CC1C(C)(c2ccc(O)c(O)c2O)OC2=CC(O)=CCC2C1(C)C.OC1=CC(O)C2C(=C1)OC1(c3ccc(O)cc3O)CCCCC1C21CCCCC1.OC1=CCC2C(=C1)OC1(c3ccc(O)c(O)c3O)CCCCC1C21CCCCC1.OC1=CCC2C(=C1)OC1(c3ccc(O)cc3O)CCCCC1C21CCCCC1. The van der Waals surface area contributed by atoms with Crippen LogP contribution in [0.4, 0.5) is 0 Å². The van der Waals surface area contributed by atoms with Gasteiger partial charge in [-0.25, -0.2) is 0 Å². The summed E-state index contributed by atoms with van der Waals surface area (Å²) in [5.74, 6) is 4.63. The van der Waals surface area contributed by atoms with Crippen molar-refractivity contribution in [3.05, 3.63) is 225 Å². The lowest BCUT2D eigenvalue weighted by atomic mass is 9.48. The quantitative estimate of drug-likeness (QED) is 0.0727. The van der Waals surface area contributed by atoms with Crippen LogP contribution in [-0.4, -0.2) is 98.0 Å². The topological polar surface area (TPSA) is 410 Å². The molecule has 16 unspecified atom stereocenters. The minimum absolute atomic E-state index is 0.00404. The van der Waals surface area contributed by atoms with Gasteiger partial charge in [-0.1, -0.05) is 118 Å². The smallest absolute Gasteiger partial charge is 0.200 e. The van der Waals surface area contributed by atoms with Crippen LogP contribution < -0.4 is 0 Å². The number of aromatic hydroxyl groups is 12. The molecule has 0 radical (unpaired) electrons. The number of ether oxygens (including phenoxy) is 5. The van der Waals surface area contributed by atoms with E-state index >= 15 is 0 Å². The van der Waals surface area contributed by atoms with Crippen LogP contribution in [0, 0.1) is 86.3 Å². The first kappa shape index (κ1) is 94.4. The molecule has 0 bridgehead atoms. The molecule has 3 spiro atoms. The first-order valence-electron chi connectivity index (χ1n) is 50.2. The lowest BCUT2D eigenvalue weighted by Gasteiger charge is -2.63. The molecule has 0 aromatic heterocycles. The number of hydrogen-bond acceptors (Lipinski definition) is 23. The monoisotopic (exact) mass is 1850 g/mol. The van der Waals surface area contributed by atoms with Crippen LogP contribution in [0.15, 0.2) is 197 Å². The molecule has 7 saturated carbocycles. The van der Waals surface area contributed by atoms with Crippen LogP contribution >= 0.6 is 0 Å². The maximum atomic E-state index is 11.0. The van der Waals surface area contributed by atoms with Gasteiger partial charge in [-0.3, -0.25) is 0 Å². The number of phenols is 12. The Morgan fingerprint density at radius 3 is 0.985 bits per heavy atom. The molecule has 23 heteroatoms. The van der Waals surface area contributed by atoms with Crippen molar-refractivity contribution < 1.29 is 116 Å². The van der Waals surface area contributed by atoms with Crippen LogP contribution in [-0.2, 0) is 51.7 Å². The fourth-order valence-electron chi connectivity index (χ4n) is 30.3. The molecule has 16 atom stereocenters. The van der Waals surface area contributed by atoms with Crippen molar-refractivity contribution in [3.8, 4) is 69.0 Å². The van der Waals surface area contributed by atoms with E-state index in [9.17, 15) is 91.9 Å². The molecule has 726 valence electrons. The van der Waals surface area contributed by atoms with Crippen LogP contribution in [0.5, 0.6) is 69.0 Å². The molecule has 0 amide bonds. The van der Waals surface area contributed by atoms with Crippen molar-refractivity contribution in [1.29, 1.82) is 0 Å². The van der Waals surface area contributed by atoms with Gasteiger partial charge in [0.2, 0.25) is 11.5 Å². The minimum Gasteiger partial charge on any atom is -0.508 e. The Morgan fingerprint density at radius 2 is 0.578 bits per heavy atom. The second-order valence-electron chi connectivity index (χ2n) is 43.8. The Kier molecular flexibility index (Phi) is 25.1. The van der Waals surface area contributed by atoms with Gasteiger partial charge in [0.15, 0.2) is 23.0 Å². The van der Waals surface area contributed by atoms with Crippen molar-refractivity contribution in [2.75, 3.05) is 0 Å². The predicted octanol–water partition coefficient (Wildman–Crippen LogP) is 25.0. The predicted molar refractivity (Wildman–Crippen MR) is 509 cm³/mol. The summed E-state index contributed by atoms with van der Waals surface area (Å²) in [6.45, 7) is 12.8. The number of aliphatic hydroxyl groups is 6. The van der Waals surface area contributed by atoms with Crippen molar-refractivity contribution in [3.63, 3.8) is 0 Å². The highest BCUT2D eigenvalue weighted by Gasteiger charge is 2.69. The zero-order chi connectivity index (χ0) is 95.5. The molecule has 135 heavy (non-hydrogen) atoms. The molecule has 5 saturated heterocycles. The second-order valence-corrected chi connectivity index (χ2v) is 43.8. The Hall–Kier alpha value is -10.9. The number of fused-ring (bicyclic) bond motifs is 15. The van der Waals surface area contributed by atoms with Gasteiger partial charge in [0.1, 0.15) is 120 Å². The third-order valence-electron chi connectivity index (χ3n) is 36.7. The number of aliphatic hydroxyl groups excluding tert-OH is 6. The number of hydrogen-bond donors (Lipinski definition) is 18. The van der Waals surface area contributed by atoms with Crippen LogP contribution in [0.3, 0.4) is 0 Å². The molecule has 5 aromatic rings. The van der Waals surface area contributed by atoms with Gasteiger partial charge < -0.3 is 116 Å². The molecule has 18 N–H and O–H groups in total. The average molecular weight is 1850 g/mol. The maximum absolute atomic E-state index is 11.0. The average Bonchev–Trinajstić information content (AvgIpc) is 0.685. The van der Waals surface area contributed by atoms with E-state index in [0.29, 0.717) is 46.5 Å². The standard InChI is InChI=1S/2C24H30O5.C24H30O4.C21H26O4.C19H24O5/c25-15-7-8-16-19(14-15)29-24(17-9-10-18(26)22(28)21(17)27)13-5-2-6-20(24)23(16)11-3-1-4-12-23;25-15-7-8-17(18(27)12-15)24-11-5-2-6-21(24)23(9-3-1-4-10-23)22-19(28)13-16(26)14-20(22)29-24;25-16-7-9-18(20(27)14-16)24-13-5-2-6-22(24)23(11-3-1-4-12-23)19-10-8-17(26)15-21(19)28-24;1-20(2)16-9-7-14(23)12-18(16)25-21(10-4-3-5-19(20)21)15-8-6-13(22)11-17(15)24;1-10-18(2,3)12-6-5-11(20)9-15(12)24-19(10,4)13-7-8-14(21)17(23)16(13)22/h7,9-10,14,16,20,25-28H,1-6,8,11-13H2;7-8,12-14,19,21-22,25-28H,1-6,9-11H2;7-9,14-15,19,22,25-27H,1-6,10-13H2;6-8,11-12,16,19,22-24H,3-5,9-10H2,1-2H3;5,7-10,12,20-23H,6H2,1-4H3. The fraction of sp³-hybridized carbons (Fsp3) is 0.554. The van der Waals surface area contributed by atoms with Gasteiger partial charge in [0, 0.05) is 130 Å². The van der Waals surface area contributed by atoms with Crippen molar-refractivity contribution >= 4 is 0 Å². The van der Waals surface area contributed by atoms with Gasteiger partial charge in [-0.15, -0.1) is 0 Å². The molecule has 5 aromatic carbocycles. The molecular weight excluding hydrogens is 1710 g/mol. The summed E-state index contributed by atoms with van der Waals surface area (Å²) in [7, 11) is 0. The summed E-state index contributed by atoms with van der Waals surface area (Å²) < 4.78 is 33.1. The van der Waals surface area contributed by atoms with E-state index in [1.54, 1.807) is 78.9 Å². The summed E-state index contributed by atoms with van der Waals surface area (Å²) in [5, 5.41) is 184. The largest absolute Gasteiger partial charge is 0.508 e. The van der Waals surface area contributed by atoms with Crippen LogP contribution in [0.1, 0.15) is 294 Å². The van der Waals surface area contributed by atoms with Crippen LogP contribution in [0.2, 0.25) is 0 Å². The van der Waals surface area contributed by atoms with Crippen molar-refractivity contribution in [1.82, 2.24) is 0 Å². The molecule has 5 heterocycles. The van der Waals surface area contributed by atoms with Gasteiger partial charge in [0.05, 0.1) is 12.0 Å². The lowest BCUT2D eigenvalue weighted by molar-refractivity contribution is -0.216. The van der Waals surface area contributed by atoms with Gasteiger partial charge in [0.25, 0.3) is 0 Å². The molecule has 22 rings (SSSR count). The first-order chi connectivity index (χ1) is 64.4. The zero-order valence-electron chi connectivity index (χ0n) is 79.0. The summed E-state index contributed by atoms with van der Waals surface area (Å²) in [4.78, 5) is 0. The van der Waals surface area contributed by atoms with E-state index in [1.807, 2.05) is 37.3 Å². The fourth-order valence-corrected chi connectivity index (χ4v) is 30.3. The van der Waals surface area contributed by atoms with E-state index in [4.69, 9.17) is 23.7 Å². The molecule has 12 aliphatic carbocycles. The van der Waals surface area contributed by atoms with Gasteiger partial charge in [-0.05, 0) is 266 Å². The second kappa shape index (κ2) is 35.9. The maximum Gasteiger partial charge on any atom is 0.200 e. The number of benzene rings is 5. The third kappa shape index (κ3) is 15.9. The molecule has 17 aliphatic rings. The van der Waals surface area contributed by atoms with E-state index in [0.717, 1.165) is 183 Å². The summed E-state index contributed by atoms with van der Waals surface area (Å²) >= 11 is 0. The molecule has 23 nitrogen and oxygen atoms in total. The van der Waals surface area contributed by atoms with E-state index in [2.05, 4.69) is 34.6 Å². The Bertz CT molecular complexity index is 5680. The normalized spacial score (nSPS) is 33.6. The number of rotatable bonds is 5. The zero-order valence-corrected chi connectivity index (χ0v) is 79.0. The summed E-state index contributed by atoms with van der Waals surface area (Å²) in [6.07, 6.45) is 53.6. The van der Waals surface area contributed by atoms with Crippen molar-refractivity contribution in [2.24, 2.45) is 86.3 Å². The number of allylic oxidation sites excluding steroid dienone is 13. The van der Waals surface area contributed by atoms with Gasteiger partial charge >= 0.3 is 0 Å². The van der Waals surface area contributed by atoms with E-state index < -0.39 is 45.6 Å². The first-order valence-corrected chi connectivity index (χ1v) is 50.2. The van der Waals surface area contributed by atoms with Crippen molar-refractivity contribution in [2.45, 2.75) is 300 Å². The number of phenolic OH excluding ortho intramolecular Hbond substituents is 12. The summed E-state index contributed by atoms with van der Waals surface area (Å²) in [5.41, 5.74) is -0.403. The highest BCUT2D eigenvalue weighted by atomic mass is 16.5. The Morgan fingerprint density at radius 1 is 0.274 bits per heavy atom. The Labute approximate surface area is 791 Å². The molecule has 12 fully saturated rings. The van der Waals surface area contributed by atoms with E-state index in [1.165, 1.54) is 94.5 Å². The lowest BCUT2D eigenvalue weighted by Crippen LogP contribution is -2.60. The van der Waals surface area contributed by atoms with Crippen LogP contribution in [0.25, 0.3) is 0 Å². The van der Waals surface area contributed by atoms with Gasteiger partial charge in [-0.2, -0.15) is 0 Å². The highest BCUT2D eigenvalue weighted by molar-refractivity contribution is 5.58.